The van der Waals surface area contributed by atoms with Crippen LogP contribution in [-0.4, -0.2) is 15.7 Å². The van der Waals surface area contributed by atoms with Gasteiger partial charge < -0.3 is 5.73 Å². The van der Waals surface area contributed by atoms with E-state index in [1.54, 1.807) is 4.68 Å². The number of hydrogen-bond donors (Lipinski definition) is 1. The van der Waals surface area contributed by atoms with Crippen molar-refractivity contribution in [2.75, 3.05) is 0 Å². The second kappa shape index (κ2) is 6.71. The monoisotopic (exact) mass is 319 g/mol. The Bertz CT molecular complexity index is 866. The maximum absolute atomic E-state index is 12.2. The molecule has 24 heavy (non-hydrogen) atoms. The van der Waals surface area contributed by atoms with E-state index in [2.05, 4.69) is 11.2 Å². The standard InChI is InChI=1S/C20H21N3O/c1-3-17-18(16-11-7-8-14(2)12-16)19(20(21)24)23(22-17)13-15-9-5-4-6-10-15/h4-12H,3,13H2,1-2H3,(H2,21,24). The number of primary amides is 1. The van der Waals surface area contributed by atoms with Gasteiger partial charge in [0.1, 0.15) is 5.69 Å². The van der Waals surface area contributed by atoms with Crippen LogP contribution < -0.4 is 5.73 Å². The molecule has 2 N–H and O–H groups in total. The van der Waals surface area contributed by atoms with E-state index in [9.17, 15) is 4.79 Å². The van der Waals surface area contributed by atoms with Gasteiger partial charge in [0, 0.05) is 5.56 Å². The van der Waals surface area contributed by atoms with Gasteiger partial charge in [-0.15, -0.1) is 0 Å². The Balaban J connectivity index is 2.16. The van der Waals surface area contributed by atoms with Gasteiger partial charge in [-0.2, -0.15) is 5.10 Å². The van der Waals surface area contributed by atoms with E-state index < -0.39 is 5.91 Å². The summed E-state index contributed by atoms with van der Waals surface area (Å²) in [6.07, 6.45) is 0.741. The van der Waals surface area contributed by atoms with E-state index in [-0.39, 0.29) is 0 Å². The number of rotatable bonds is 5. The molecule has 0 atom stereocenters. The molecule has 122 valence electrons. The highest BCUT2D eigenvalue weighted by atomic mass is 16.1. The van der Waals surface area contributed by atoms with Crippen molar-refractivity contribution in [2.24, 2.45) is 5.73 Å². The molecule has 1 aromatic heterocycles. The van der Waals surface area contributed by atoms with E-state index in [0.717, 1.165) is 34.4 Å². The molecule has 4 nitrogen and oxygen atoms in total. The van der Waals surface area contributed by atoms with E-state index in [1.807, 2.05) is 62.4 Å². The molecule has 3 rings (SSSR count). The largest absolute Gasteiger partial charge is 0.364 e. The minimum atomic E-state index is -0.449. The molecule has 0 unspecified atom stereocenters. The van der Waals surface area contributed by atoms with Gasteiger partial charge in [-0.1, -0.05) is 67.1 Å². The predicted molar refractivity (Wildman–Crippen MR) is 95.8 cm³/mol. The number of hydrogen-bond acceptors (Lipinski definition) is 2. The van der Waals surface area contributed by atoms with Crippen molar-refractivity contribution in [3.05, 3.63) is 77.1 Å². The molecule has 2 aromatic carbocycles. The van der Waals surface area contributed by atoms with E-state index in [4.69, 9.17) is 5.73 Å². The zero-order chi connectivity index (χ0) is 17.1. The first-order valence-corrected chi connectivity index (χ1v) is 8.10. The second-order valence-electron chi connectivity index (χ2n) is 5.90. The van der Waals surface area contributed by atoms with Gasteiger partial charge in [-0.3, -0.25) is 9.48 Å². The minimum Gasteiger partial charge on any atom is -0.364 e. The summed E-state index contributed by atoms with van der Waals surface area (Å²) >= 11 is 0. The van der Waals surface area contributed by atoms with Crippen molar-refractivity contribution >= 4 is 5.91 Å². The first-order valence-electron chi connectivity index (χ1n) is 8.10. The summed E-state index contributed by atoms with van der Waals surface area (Å²) in [5.74, 6) is -0.449. The molecule has 1 amide bonds. The first-order chi connectivity index (χ1) is 11.6. The lowest BCUT2D eigenvalue weighted by Gasteiger charge is -2.08. The van der Waals surface area contributed by atoms with Crippen LogP contribution in [0.25, 0.3) is 11.1 Å². The van der Waals surface area contributed by atoms with Gasteiger partial charge in [-0.25, -0.2) is 0 Å². The van der Waals surface area contributed by atoms with Crippen LogP contribution in [-0.2, 0) is 13.0 Å². The maximum atomic E-state index is 12.2. The average Bonchev–Trinajstić information content (AvgIpc) is 2.94. The predicted octanol–water partition coefficient (Wildman–Crippen LogP) is 3.57. The molecule has 0 radical (unpaired) electrons. The Morgan fingerprint density at radius 2 is 1.88 bits per heavy atom. The third-order valence-corrected chi connectivity index (χ3v) is 4.08. The molecule has 3 aromatic rings. The molecule has 0 fully saturated rings. The Kier molecular flexibility index (Phi) is 4.47. The van der Waals surface area contributed by atoms with Gasteiger partial charge in [-0.05, 0) is 24.5 Å². The summed E-state index contributed by atoms with van der Waals surface area (Å²) in [5.41, 5.74) is 11.1. The Morgan fingerprint density at radius 1 is 1.12 bits per heavy atom. The molecule has 1 heterocycles. The minimum absolute atomic E-state index is 0.449. The summed E-state index contributed by atoms with van der Waals surface area (Å²) < 4.78 is 1.73. The summed E-state index contributed by atoms with van der Waals surface area (Å²) in [4.78, 5) is 12.2. The van der Waals surface area contributed by atoms with Gasteiger partial charge in [0.05, 0.1) is 12.2 Å². The van der Waals surface area contributed by atoms with E-state index >= 15 is 0 Å². The lowest BCUT2D eigenvalue weighted by atomic mass is 9.99. The van der Waals surface area contributed by atoms with Crippen molar-refractivity contribution in [2.45, 2.75) is 26.8 Å². The summed E-state index contributed by atoms with van der Waals surface area (Å²) in [5, 5.41) is 4.67. The number of benzene rings is 2. The number of nitrogens with zero attached hydrogens (tertiary/aromatic N) is 2. The van der Waals surface area contributed by atoms with Crippen LogP contribution in [0.4, 0.5) is 0 Å². The van der Waals surface area contributed by atoms with Crippen LogP contribution in [0.1, 0.15) is 34.2 Å². The number of nitrogens with two attached hydrogens (primary N) is 1. The quantitative estimate of drug-likeness (QED) is 0.781. The van der Waals surface area contributed by atoms with Crippen molar-refractivity contribution < 1.29 is 4.79 Å². The summed E-state index contributed by atoms with van der Waals surface area (Å²) in [7, 11) is 0. The smallest absolute Gasteiger partial charge is 0.267 e. The average molecular weight is 319 g/mol. The number of aromatic nitrogens is 2. The van der Waals surface area contributed by atoms with Crippen LogP contribution >= 0.6 is 0 Å². The van der Waals surface area contributed by atoms with Gasteiger partial charge >= 0.3 is 0 Å². The Labute approximate surface area is 141 Å². The zero-order valence-corrected chi connectivity index (χ0v) is 14.0. The fraction of sp³-hybridized carbons (Fsp3) is 0.200. The highest BCUT2D eigenvalue weighted by molar-refractivity contribution is 5.99. The molecule has 0 aliphatic heterocycles. The maximum Gasteiger partial charge on any atom is 0.267 e. The molecular weight excluding hydrogens is 298 g/mol. The van der Waals surface area contributed by atoms with Crippen LogP contribution in [0.2, 0.25) is 0 Å². The Morgan fingerprint density at radius 3 is 2.50 bits per heavy atom. The van der Waals surface area contributed by atoms with Gasteiger partial charge in [0.2, 0.25) is 0 Å². The molecule has 0 saturated heterocycles. The van der Waals surface area contributed by atoms with E-state index in [1.165, 1.54) is 0 Å². The van der Waals surface area contributed by atoms with Crippen LogP contribution in [0.3, 0.4) is 0 Å². The van der Waals surface area contributed by atoms with Crippen molar-refractivity contribution in [3.63, 3.8) is 0 Å². The summed E-state index contributed by atoms with van der Waals surface area (Å²) in [6, 6.07) is 18.1. The fourth-order valence-corrected chi connectivity index (χ4v) is 2.98. The Hall–Kier alpha value is -2.88. The normalized spacial score (nSPS) is 10.8. The molecule has 4 heteroatoms. The van der Waals surface area contributed by atoms with E-state index in [0.29, 0.717) is 12.2 Å². The number of amides is 1. The molecule has 0 aliphatic carbocycles. The first kappa shape index (κ1) is 16.0. The van der Waals surface area contributed by atoms with Gasteiger partial charge in [0.25, 0.3) is 5.91 Å². The summed E-state index contributed by atoms with van der Waals surface area (Å²) in [6.45, 7) is 4.60. The fourth-order valence-electron chi connectivity index (χ4n) is 2.98. The number of aryl methyl sites for hydroxylation is 2. The highest BCUT2D eigenvalue weighted by Crippen LogP contribution is 2.29. The number of carbonyl (C=O) groups is 1. The zero-order valence-electron chi connectivity index (χ0n) is 14.0. The molecule has 0 bridgehead atoms. The molecule has 0 spiro atoms. The lowest BCUT2D eigenvalue weighted by molar-refractivity contribution is 0.0991. The van der Waals surface area contributed by atoms with Crippen molar-refractivity contribution in [1.29, 1.82) is 0 Å². The number of carbonyl (C=O) groups excluding carboxylic acids is 1. The van der Waals surface area contributed by atoms with Crippen molar-refractivity contribution in [3.8, 4) is 11.1 Å². The lowest BCUT2D eigenvalue weighted by Crippen LogP contribution is -2.19. The molecular formula is C20H21N3O. The second-order valence-corrected chi connectivity index (χ2v) is 5.90. The SMILES string of the molecule is CCc1nn(Cc2ccccc2)c(C(N)=O)c1-c1cccc(C)c1. The van der Waals surface area contributed by atoms with Crippen LogP contribution in [0.15, 0.2) is 54.6 Å². The third kappa shape index (κ3) is 3.08. The van der Waals surface area contributed by atoms with Gasteiger partial charge in [0.15, 0.2) is 0 Å². The highest BCUT2D eigenvalue weighted by Gasteiger charge is 2.22. The molecule has 0 aliphatic rings. The topological polar surface area (TPSA) is 60.9 Å². The van der Waals surface area contributed by atoms with Crippen LogP contribution in [0.5, 0.6) is 0 Å². The molecule has 0 saturated carbocycles. The van der Waals surface area contributed by atoms with Crippen LogP contribution in [0, 0.1) is 6.92 Å². The third-order valence-electron chi connectivity index (χ3n) is 4.08. The van der Waals surface area contributed by atoms with Crippen molar-refractivity contribution in [1.82, 2.24) is 9.78 Å².